The standard InChI is InChI=1S/C39H33ClN6O6S/c1-20-25-17-21(40)13-14-30(25)53-34(20)27-19-31(42(3)41-27)45-35(48)26-18-28-23(32(39(26,2)36(45)49)24-11-8-12-29(52-4)33(24)47)15-16-43-37(50)44(38(51)46(28)43)22-9-6-5-7-10-22/h5-15,17,19,26,28,32,47H,16,18H2,1-4H3. The van der Waals surface area contributed by atoms with Crippen LogP contribution in [0.3, 0.4) is 0 Å². The van der Waals surface area contributed by atoms with Crippen LogP contribution in [0.15, 0.2) is 94.0 Å². The second kappa shape index (κ2) is 11.7. The van der Waals surface area contributed by atoms with E-state index in [0.717, 1.165) is 25.1 Å². The topological polar surface area (TPSA) is 134 Å². The van der Waals surface area contributed by atoms with Crippen molar-refractivity contribution in [2.75, 3.05) is 12.0 Å². The molecule has 1 saturated carbocycles. The molecular formula is C39H33ClN6O6S. The van der Waals surface area contributed by atoms with Gasteiger partial charge in [-0.25, -0.2) is 28.4 Å². The highest BCUT2D eigenvalue weighted by Gasteiger charge is 2.66. The Bertz CT molecular complexity index is 2700. The number of aromatic nitrogens is 5. The van der Waals surface area contributed by atoms with Crippen molar-refractivity contribution in [1.82, 2.24) is 23.7 Å². The van der Waals surface area contributed by atoms with Crippen molar-refractivity contribution in [3.63, 3.8) is 0 Å². The third-order valence-electron chi connectivity index (χ3n) is 11.3. The minimum absolute atomic E-state index is 0.0540. The van der Waals surface area contributed by atoms with Crippen molar-refractivity contribution in [2.45, 2.75) is 38.8 Å². The first-order chi connectivity index (χ1) is 25.4. The Labute approximate surface area is 311 Å². The molecule has 0 spiro atoms. The first-order valence-corrected chi connectivity index (χ1v) is 18.3. The number of hydrogen-bond acceptors (Lipinski definition) is 8. The van der Waals surface area contributed by atoms with Crippen LogP contribution in [0.4, 0.5) is 5.82 Å². The van der Waals surface area contributed by atoms with Gasteiger partial charge in [-0.15, -0.1) is 11.3 Å². The molecule has 4 atom stereocenters. The van der Waals surface area contributed by atoms with E-state index in [1.807, 2.05) is 31.2 Å². The number of imide groups is 1. The lowest BCUT2D eigenvalue weighted by atomic mass is 9.56. The Hall–Kier alpha value is -5.66. The number of hydrogen-bond donors (Lipinski definition) is 1. The van der Waals surface area contributed by atoms with E-state index in [1.165, 1.54) is 26.1 Å². The van der Waals surface area contributed by atoms with Crippen LogP contribution in [0.5, 0.6) is 11.5 Å². The number of allylic oxidation sites excluding steroid dienone is 2. The smallest absolute Gasteiger partial charge is 0.352 e. The van der Waals surface area contributed by atoms with Gasteiger partial charge in [0.15, 0.2) is 11.5 Å². The number of benzene rings is 3. The van der Waals surface area contributed by atoms with Crippen molar-refractivity contribution in [3.05, 3.63) is 122 Å². The van der Waals surface area contributed by atoms with Crippen molar-refractivity contribution in [3.8, 4) is 27.8 Å². The number of anilines is 1. The van der Waals surface area contributed by atoms with Crippen LogP contribution in [0.25, 0.3) is 26.3 Å². The third kappa shape index (κ3) is 4.50. The predicted molar refractivity (Wildman–Crippen MR) is 201 cm³/mol. The number of phenols is 1. The Morgan fingerprint density at radius 3 is 2.53 bits per heavy atom. The molecule has 53 heavy (non-hydrogen) atoms. The fourth-order valence-electron chi connectivity index (χ4n) is 8.79. The maximum absolute atomic E-state index is 15.1. The number of nitrogens with zero attached hydrogens (tertiary/aromatic N) is 6. The number of aryl methyl sites for hydroxylation is 2. The summed E-state index contributed by atoms with van der Waals surface area (Å²) in [5, 5.41) is 18.0. The predicted octanol–water partition coefficient (Wildman–Crippen LogP) is 5.96. The van der Waals surface area contributed by atoms with E-state index in [9.17, 15) is 19.5 Å². The molecule has 4 unspecified atom stereocenters. The van der Waals surface area contributed by atoms with Gasteiger partial charge in [0.2, 0.25) is 11.8 Å². The summed E-state index contributed by atoms with van der Waals surface area (Å²) in [6.45, 7) is 3.81. The van der Waals surface area contributed by atoms with E-state index in [1.54, 1.807) is 79.9 Å². The van der Waals surface area contributed by atoms with Crippen molar-refractivity contribution >= 4 is 50.7 Å². The number of thiophene rings is 1. The number of carbonyl (C=O) groups excluding carboxylic acids is 2. The lowest BCUT2D eigenvalue weighted by molar-refractivity contribution is -0.129. The van der Waals surface area contributed by atoms with Gasteiger partial charge in [-0.2, -0.15) is 5.10 Å². The molecule has 2 fully saturated rings. The molecule has 14 heteroatoms. The zero-order valence-electron chi connectivity index (χ0n) is 29.1. The molecule has 6 aromatic rings. The minimum Gasteiger partial charge on any atom is -0.504 e. The number of phenolic OH excluding ortho intramolecular Hbond substituents is 1. The number of para-hydroxylation sites is 2. The zero-order chi connectivity index (χ0) is 37.1. The Morgan fingerprint density at radius 1 is 1.00 bits per heavy atom. The number of methoxy groups -OCH3 is 1. The van der Waals surface area contributed by atoms with Crippen LogP contribution in [0.1, 0.15) is 36.4 Å². The molecule has 3 aromatic carbocycles. The van der Waals surface area contributed by atoms with Crippen LogP contribution >= 0.6 is 22.9 Å². The van der Waals surface area contributed by atoms with Gasteiger partial charge in [0.25, 0.3) is 0 Å². The molecule has 0 bridgehead atoms. The molecule has 1 aliphatic carbocycles. The average Bonchev–Trinajstić information content (AvgIpc) is 3.82. The minimum atomic E-state index is -1.40. The summed E-state index contributed by atoms with van der Waals surface area (Å²) in [6.07, 6.45) is 1.93. The van der Waals surface area contributed by atoms with Crippen molar-refractivity contribution in [1.29, 1.82) is 0 Å². The van der Waals surface area contributed by atoms with Crippen LogP contribution in [0, 0.1) is 18.3 Å². The monoisotopic (exact) mass is 748 g/mol. The van der Waals surface area contributed by atoms with E-state index >= 15 is 4.79 Å². The molecule has 3 aliphatic rings. The lowest BCUT2D eigenvalue weighted by Gasteiger charge is -2.47. The highest BCUT2D eigenvalue weighted by Crippen LogP contribution is 2.62. The normalized spacial score (nSPS) is 22.2. The Morgan fingerprint density at radius 2 is 1.77 bits per heavy atom. The first-order valence-electron chi connectivity index (χ1n) is 17.1. The van der Waals surface area contributed by atoms with E-state index in [-0.39, 0.29) is 24.5 Å². The fourth-order valence-corrected chi connectivity index (χ4v) is 10.1. The van der Waals surface area contributed by atoms with Gasteiger partial charge in [-0.3, -0.25) is 14.3 Å². The summed E-state index contributed by atoms with van der Waals surface area (Å²) in [5.41, 5.74) is 0.589. The first kappa shape index (κ1) is 33.2. The number of carbonyl (C=O) groups is 2. The summed E-state index contributed by atoms with van der Waals surface area (Å²) in [4.78, 5) is 60.0. The maximum atomic E-state index is 15.1. The van der Waals surface area contributed by atoms with Crippen LogP contribution < -0.4 is 21.0 Å². The average molecular weight is 749 g/mol. The second-order valence-corrected chi connectivity index (χ2v) is 15.5. The van der Waals surface area contributed by atoms with Crippen LogP contribution in [-0.2, 0) is 23.2 Å². The number of aromatic hydroxyl groups is 1. The summed E-state index contributed by atoms with van der Waals surface area (Å²) in [6, 6.07) is 20.4. The SMILES string of the molecule is COc1cccc(C2C3=CCn4c(=O)n(-c5ccccc5)c(=O)n4C3CC3C(=O)N(c4cc(-c5sc6ccc(Cl)cc6c5C)nn4C)C(=O)C32C)c1O. The summed E-state index contributed by atoms with van der Waals surface area (Å²) in [7, 11) is 3.14. The highest BCUT2D eigenvalue weighted by molar-refractivity contribution is 7.22. The van der Waals surface area contributed by atoms with Gasteiger partial charge in [-0.1, -0.05) is 48.0 Å². The molecule has 1 N–H and O–H groups in total. The molecule has 268 valence electrons. The molecule has 5 heterocycles. The number of rotatable bonds is 5. The molecule has 2 amide bonds. The third-order valence-corrected chi connectivity index (χ3v) is 12.9. The molecular weight excluding hydrogens is 716 g/mol. The number of ether oxygens (including phenoxy) is 1. The fraction of sp³-hybridized carbons (Fsp3) is 0.256. The molecule has 2 aliphatic heterocycles. The summed E-state index contributed by atoms with van der Waals surface area (Å²) >= 11 is 7.86. The molecule has 3 aromatic heterocycles. The second-order valence-electron chi connectivity index (χ2n) is 14.0. The van der Waals surface area contributed by atoms with Gasteiger partial charge < -0.3 is 9.84 Å². The Balaban J connectivity index is 1.21. The van der Waals surface area contributed by atoms with Gasteiger partial charge >= 0.3 is 11.4 Å². The number of amides is 2. The van der Waals surface area contributed by atoms with Crippen LogP contribution in [0.2, 0.25) is 5.02 Å². The summed E-state index contributed by atoms with van der Waals surface area (Å²) < 4.78 is 12.0. The van der Waals surface area contributed by atoms with Crippen molar-refractivity contribution < 1.29 is 19.4 Å². The van der Waals surface area contributed by atoms with Gasteiger partial charge in [0.05, 0.1) is 41.6 Å². The van der Waals surface area contributed by atoms with Crippen molar-refractivity contribution in [2.24, 2.45) is 18.4 Å². The number of halogens is 1. The van der Waals surface area contributed by atoms with E-state index < -0.39 is 46.5 Å². The zero-order valence-corrected chi connectivity index (χ0v) is 30.7. The van der Waals surface area contributed by atoms with Crippen LogP contribution in [-0.4, -0.2) is 47.7 Å². The maximum Gasteiger partial charge on any atom is 0.352 e. The lowest BCUT2D eigenvalue weighted by Crippen LogP contribution is -2.49. The molecule has 9 rings (SSSR count). The van der Waals surface area contributed by atoms with E-state index in [2.05, 4.69) is 0 Å². The molecule has 1 saturated heterocycles. The van der Waals surface area contributed by atoms with E-state index in [0.29, 0.717) is 33.4 Å². The molecule has 0 radical (unpaired) electrons. The highest BCUT2D eigenvalue weighted by atomic mass is 35.5. The quantitative estimate of drug-likeness (QED) is 0.170. The van der Waals surface area contributed by atoms with Gasteiger partial charge in [0, 0.05) is 34.3 Å². The Kier molecular flexibility index (Phi) is 7.31. The largest absolute Gasteiger partial charge is 0.504 e. The van der Waals surface area contributed by atoms with Gasteiger partial charge in [-0.05, 0) is 73.2 Å². The van der Waals surface area contributed by atoms with Gasteiger partial charge in [0.1, 0.15) is 11.5 Å². The number of fused-ring (bicyclic) bond motifs is 5. The molecule has 12 nitrogen and oxygen atoms in total. The van der Waals surface area contributed by atoms with E-state index in [4.69, 9.17) is 21.4 Å². The summed E-state index contributed by atoms with van der Waals surface area (Å²) in [5.74, 6) is -2.36.